The Hall–Kier alpha value is -8.68. The summed E-state index contributed by atoms with van der Waals surface area (Å²) in [6, 6.07) is 4.52. The molecule has 450 valence electrons. The number of phenols is 1. The molecule has 0 spiro atoms. The molecule has 0 aliphatic carbocycles. The predicted molar refractivity (Wildman–Crippen MR) is 299 cm³/mol. The number of carboxylic acids is 2. The van der Waals surface area contributed by atoms with Gasteiger partial charge in [0.1, 0.15) is 48.0 Å². The number of guanidine groups is 1. The maximum absolute atomic E-state index is 14.6. The molecule has 2 aromatic rings. The van der Waals surface area contributed by atoms with Crippen LogP contribution in [0.3, 0.4) is 0 Å². The number of likely N-dealkylation sites (tertiary alicyclic amines) is 1. The van der Waals surface area contributed by atoms with Crippen molar-refractivity contribution in [2.45, 2.75) is 120 Å². The molecule has 2 aliphatic rings. The maximum atomic E-state index is 14.6. The number of aliphatic carboxylic acids is 2. The van der Waals surface area contributed by atoms with Gasteiger partial charge < -0.3 is 86.1 Å². The summed E-state index contributed by atoms with van der Waals surface area (Å²) >= 11 is 0. The Bertz CT molecular complexity index is 2570. The molecule has 2 saturated heterocycles. The summed E-state index contributed by atoms with van der Waals surface area (Å²) in [5, 5.41) is 42.6. The van der Waals surface area contributed by atoms with E-state index in [1.165, 1.54) is 17.0 Å². The van der Waals surface area contributed by atoms with Crippen molar-refractivity contribution < 1.29 is 77.6 Å². The van der Waals surface area contributed by atoms with E-state index in [-0.39, 0.29) is 74.8 Å². The van der Waals surface area contributed by atoms with Crippen molar-refractivity contribution in [2.24, 2.45) is 33.7 Å². The standard InChI is InChI=1S/C46H64N14O12S2.2C2H4O2/c47-35(62)15-14-29-40(67)58-32(22-36(48)63)43(70)59-33(45(72)60-18-5-9-34(60)44(71)56-28(8-4-17-52-46(50)51)39(66)53-23-37(49)64)24-74-73-19-16-38(65)54-30(21-26-10-12-27(61)13-11-26)41(68)57-31(42(69)55-29)20-25-6-2-1-3-7-25;2*1-2(3)4/h1-3,6-7,10-13,28-34,61H,4-5,8-9,14-24H2,(H2,47,62)(H2,48,63)(H2,49,64)(H,53,66)(H,54,65)(H,55,69)(H,56,71)(H,57,68)(H,58,67)(H,59,70)(H4,50,51,52);2*1H3,(H,3,4)/t28-,29?,30?,31+,32+,33?,34+;;/m1../s1. The molecule has 2 fully saturated rings. The predicted octanol–water partition coefficient (Wildman–Crippen LogP) is -4.16. The van der Waals surface area contributed by atoms with Crippen LogP contribution in [0.25, 0.3) is 0 Å². The number of phenolic OH excluding ortho intramolecular Hbond substituents is 1. The highest BCUT2D eigenvalue weighted by atomic mass is 33.1. The Balaban J connectivity index is 0.00000268. The fourth-order valence-electron chi connectivity index (χ4n) is 7.78. The first-order chi connectivity index (χ1) is 38.7. The molecule has 2 aromatic carbocycles. The van der Waals surface area contributed by atoms with Gasteiger partial charge in [-0.05, 0) is 55.4 Å². The normalized spacial score (nSPS) is 20.2. The maximum Gasteiger partial charge on any atom is 0.300 e. The van der Waals surface area contributed by atoms with E-state index >= 15 is 0 Å². The van der Waals surface area contributed by atoms with Gasteiger partial charge in [0.05, 0.1) is 13.0 Å². The number of aliphatic imine (C=N–C) groups is 1. The van der Waals surface area contributed by atoms with Crippen molar-refractivity contribution >= 4 is 104 Å². The van der Waals surface area contributed by atoms with Crippen LogP contribution >= 0.6 is 21.6 Å². The van der Waals surface area contributed by atoms with Crippen molar-refractivity contribution in [2.75, 3.05) is 31.1 Å². The van der Waals surface area contributed by atoms with Crippen molar-refractivity contribution in [1.82, 2.24) is 42.1 Å². The van der Waals surface area contributed by atoms with E-state index in [1.54, 1.807) is 42.5 Å². The third kappa shape index (κ3) is 28.0. The Labute approximate surface area is 479 Å². The second-order valence-electron chi connectivity index (χ2n) is 18.4. The van der Waals surface area contributed by atoms with Gasteiger partial charge in [-0.25, -0.2) is 0 Å². The van der Waals surface area contributed by atoms with Gasteiger partial charge in [0.2, 0.25) is 65.0 Å². The molecule has 30 nitrogen and oxygen atoms in total. The molecule has 11 amide bonds. The number of nitrogens with two attached hydrogens (primary N) is 5. The number of carbonyl (C=O) groups is 13. The van der Waals surface area contributed by atoms with Gasteiger partial charge in [-0.1, -0.05) is 64.1 Å². The third-order valence-electron chi connectivity index (χ3n) is 11.5. The Kier molecular flexibility index (Phi) is 30.9. The van der Waals surface area contributed by atoms with E-state index in [9.17, 15) is 57.8 Å². The van der Waals surface area contributed by atoms with Crippen LogP contribution < -0.4 is 65.9 Å². The number of amides is 11. The smallest absolute Gasteiger partial charge is 0.300 e. The minimum Gasteiger partial charge on any atom is -0.508 e. The highest BCUT2D eigenvalue weighted by Gasteiger charge is 2.40. The Morgan fingerprint density at radius 1 is 0.707 bits per heavy atom. The molecule has 4 rings (SSSR count). The van der Waals surface area contributed by atoms with Crippen molar-refractivity contribution in [3.05, 3.63) is 65.7 Å². The van der Waals surface area contributed by atoms with Gasteiger partial charge in [0.25, 0.3) is 11.9 Å². The van der Waals surface area contributed by atoms with Crippen molar-refractivity contribution in [3.63, 3.8) is 0 Å². The van der Waals surface area contributed by atoms with E-state index in [0.717, 1.165) is 35.4 Å². The first kappa shape index (κ1) is 69.4. The average Bonchev–Trinajstić information content (AvgIpc) is 4.04. The number of nitrogens with zero attached hydrogens (tertiary/aromatic N) is 2. The van der Waals surface area contributed by atoms with E-state index in [1.807, 2.05) is 0 Å². The van der Waals surface area contributed by atoms with Crippen LogP contribution in [0.4, 0.5) is 0 Å². The molecule has 2 heterocycles. The monoisotopic (exact) mass is 1190 g/mol. The molecule has 3 unspecified atom stereocenters. The Morgan fingerprint density at radius 3 is 1.83 bits per heavy atom. The van der Waals surface area contributed by atoms with Gasteiger partial charge >= 0.3 is 0 Å². The molecule has 7 atom stereocenters. The number of hydrogen-bond acceptors (Lipinski definition) is 17. The number of primary amides is 3. The van der Waals surface area contributed by atoms with Crippen LogP contribution in [0.1, 0.15) is 76.3 Å². The van der Waals surface area contributed by atoms with Crippen LogP contribution in [-0.4, -0.2) is 177 Å². The zero-order chi connectivity index (χ0) is 61.5. The molecule has 32 heteroatoms. The van der Waals surface area contributed by atoms with Gasteiger partial charge in [-0.15, -0.1) is 0 Å². The van der Waals surface area contributed by atoms with E-state index < -0.39 is 145 Å². The lowest BCUT2D eigenvalue weighted by molar-refractivity contribution is -0.142. The van der Waals surface area contributed by atoms with Gasteiger partial charge in [0, 0.05) is 64.1 Å². The third-order valence-corrected chi connectivity index (χ3v) is 13.9. The molecule has 0 aromatic heterocycles. The molecule has 2 aliphatic heterocycles. The molecule has 0 saturated carbocycles. The lowest BCUT2D eigenvalue weighted by Crippen LogP contribution is -2.61. The molecule has 0 bridgehead atoms. The molecular weight excluding hydrogens is 1120 g/mol. The SMILES string of the molecule is CC(=O)O.CC(=O)O.NC(=O)CCC1NC(=O)[C@H](Cc2ccccc2)NC(=O)C(Cc2ccc(O)cc2)NC(=O)CCSSCC(C(=O)N2CCC[C@H]2C(=O)N[C@H](CCCN=C(N)N)C(=O)NCC(N)=O)NC(=O)[C@H](CC(N)=O)NC1=O. The number of nitrogens with one attached hydrogen (secondary N) is 7. The zero-order valence-corrected chi connectivity index (χ0v) is 46.7. The highest BCUT2D eigenvalue weighted by molar-refractivity contribution is 8.76. The topological polar surface area (TPSA) is 513 Å². The molecule has 82 heavy (non-hydrogen) atoms. The second kappa shape index (κ2) is 36.6. The number of rotatable bonds is 19. The van der Waals surface area contributed by atoms with Crippen molar-refractivity contribution in [1.29, 1.82) is 0 Å². The lowest BCUT2D eigenvalue weighted by Gasteiger charge is -2.31. The summed E-state index contributed by atoms with van der Waals surface area (Å²) in [4.78, 5) is 171. The highest BCUT2D eigenvalue weighted by Crippen LogP contribution is 2.26. The quantitative estimate of drug-likeness (QED) is 0.0275. The number of aromatic hydroxyl groups is 1. The largest absolute Gasteiger partial charge is 0.508 e. The minimum atomic E-state index is -1.77. The molecule has 0 radical (unpaired) electrons. The van der Waals surface area contributed by atoms with E-state index in [2.05, 4.69) is 42.2 Å². The molecular formula is C50H72N14O16S2. The number of carboxylic acid groups (broad SMARTS) is 2. The van der Waals surface area contributed by atoms with Gasteiger partial charge in [0.15, 0.2) is 5.96 Å². The Morgan fingerprint density at radius 2 is 1.26 bits per heavy atom. The first-order valence-electron chi connectivity index (χ1n) is 25.4. The fraction of sp³-hybridized carbons (Fsp3) is 0.480. The molecule has 20 N–H and O–H groups in total. The van der Waals surface area contributed by atoms with Crippen LogP contribution in [-0.2, 0) is 75.2 Å². The summed E-state index contributed by atoms with van der Waals surface area (Å²) < 4.78 is 0. The number of benzene rings is 2. The van der Waals surface area contributed by atoms with Crippen LogP contribution in [0, 0.1) is 0 Å². The van der Waals surface area contributed by atoms with E-state index in [4.69, 9.17) is 48.5 Å². The first-order valence-corrected chi connectivity index (χ1v) is 27.9. The van der Waals surface area contributed by atoms with Crippen LogP contribution in [0.2, 0.25) is 0 Å². The van der Waals surface area contributed by atoms with Crippen LogP contribution in [0.15, 0.2) is 59.6 Å². The van der Waals surface area contributed by atoms with Gasteiger partial charge in [-0.3, -0.25) is 67.3 Å². The summed E-state index contributed by atoms with van der Waals surface area (Å²) in [7, 11) is 2.19. The van der Waals surface area contributed by atoms with Crippen molar-refractivity contribution in [3.8, 4) is 5.75 Å². The van der Waals surface area contributed by atoms with Gasteiger partial charge in [-0.2, -0.15) is 0 Å². The minimum absolute atomic E-state index is 0.0128. The summed E-state index contributed by atoms with van der Waals surface area (Å²) in [6.07, 6.45) is -1.34. The lowest BCUT2D eigenvalue weighted by atomic mass is 10.0. The number of carbonyl (C=O) groups excluding carboxylic acids is 11. The summed E-state index contributed by atoms with van der Waals surface area (Å²) in [5.74, 6) is -11.4. The fourth-order valence-corrected chi connectivity index (χ4v) is 9.93. The van der Waals surface area contributed by atoms with Crippen LogP contribution in [0.5, 0.6) is 5.75 Å². The summed E-state index contributed by atoms with van der Waals surface area (Å²) in [5.41, 5.74) is 28.1. The number of hydrogen-bond donors (Lipinski definition) is 15. The summed E-state index contributed by atoms with van der Waals surface area (Å²) in [6.45, 7) is 1.77. The van der Waals surface area contributed by atoms with E-state index in [0.29, 0.717) is 17.5 Å². The zero-order valence-electron chi connectivity index (χ0n) is 45.1. The second-order valence-corrected chi connectivity index (χ2v) is 21.0. The average molecular weight is 1190 g/mol.